The van der Waals surface area contributed by atoms with Crippen molar-refractivity contribution in [3.8, 4) is 22.8 Å². The van der Waals surface area contributed by atoms with Gasteiger partial charge in [-0.3, -0.25) is 4.98 Å². The van der Waals surface area contributed by atoms with Crippen LogP contribution < -0.4 is 5.73 Å². The van der Waals surface area contributed by atoms with Crippen LogP contribution in [0, 0.1) is 6.92 Å². The van der Waals surface area contributed by atoms with Crippen LogP contribution in [0.3, 0.4) is 0 Å². The fourth-order valence-corrected chi connectivity index (χ4v) is 1.80. The molecule has 0 aliphatic rings. The molecule has 0 radical (unpaired) electrons. The molecule has 0 bridgehead atoms. The zero-order valence-corrected chi connectivity index (χ0v) is 10.4. The molecule has 3 aromatic rings. The quantitative estimate of drug-likeness (QED) is 0.709. The van der Waals surface area contributed by atoms with Gasteiger partial charge >= 0.3 is 0 Å². The van der Waals surface area contributed by atoms with Gasteiger partial charge in [-0.15, -0.1) is 0 Å². The lowest BCUT2D eigenvalue weighted by Crippen LogP contribution is -1.87. The minimum atomic E-state index is 0.478. The molecule has 0 spiro atoms. The summed E-state index contributed by atoms with van der Waals surface area (Å²) in [7, 11) is 0. The Bertz CT molecular complexity index is 703. The van der Waals surface area contributed by atoms with E-state index in [2.05, 4.69) is 15.1 Å². The summed E-state index contributed by atoms with van der Waals surface area (Å²) in [5.74, 6) is 1.04. The number of aromatic nitrogens is 3. The molecule has 94 valence electrons. The second kappa shape index (κ2) is 4.53. The first-order valence-electron chi connectivity index (χ1n) is 5.84. The lowest BCUT2D eigenvalue weighted by molar-refractivity contribution is 0.432. The highest BCUT2D eigenvalue weighted by Gasteiger charge is 2.11. The van der Waals surface area contributed by atoms with Crippen LogP contribution in [0.2, 0.25) is 0 Å². The molecule has 5 nitrogen and oxygen atoms in total. The van der Waals surface area contributed by atoms with E-state index in [1.165, 1.54) is 0 Å². The number of nitrogens with two attached hydrogens (primary N) is 1. The number of rotatable bonds is 2. The molecule has 0 atom stereocenters. The summed E-state index contributed by atoms with van der Waals surface area (Å²) in [5.41, 5.74) is 9.12. The zero-order valence-electron chi connectivity index (χ0n) is 10.4. The molecule has 0 aliphatic heterocycles. The lowest BCUT2D eigenvalue weighted by atomic mass is 10.1. The highest BCUT2D eigenvalue weighted by Crippen LogP contribution is 2.24. The molecule has 0 saturated carbocycles. The summed E-state index contributed by atoms with van der Waals surface area (Å²) in [5, 5.41) is 4.00. The molecule has 0 aliphatic carbocycles. The highest BCUT2D eigenvalue weighted by molar-refractivity contribution is 5.63. The largest absolute Gasteiger partial charge is 0.399 e. The normalized spacial score (nSPS) is 10.6. The van der Waals surface area contributed by atoms with Gasteiger partial charge in [0.25, 0.3) is 5.89 Å². The number of hydrogen-bond donors (Lipinski definition) is 1. The van der Waals surface area contributed by atoms with Crippen LogP contribution in [0.5, 0.6) is 0 Å². The van der Waals surface area contributed by atoms with Crippen molar-refractivity contribution in [1.82, 2.24) is 15.1 Å². The molecule has 0 saturated heterocycles. The van der Waals surface area contributed by atoms with Crippen LogP contribution in [-0.4, -0.2) is 15.1 Å². The minimum Gasteiger partial charge on any atom is -0.399 e. The lowest BCUT2D eigenvalue weighted by Gasteiger charge is -1.97. The van der Waals surface area contributed by atoms with E-state index in [1.54, 1.807) is 24.5 Å². The number of hydrogen-bond acceptors (Lipinski definition) is 5. The first-order chi connectivity index (χ1) is 9.24. The van der Waals surface area contributed by atoms with Crippen molar-refractivity contribution in [2.45, 2.75) is 6.92 Å². The maximum absolute atomic E-state index is 5.65. The molecule has 0 fully saturated rings. The third-order valence-electron chi connectivity index (χ3n) is 2.84. The average Bonchev–Trinajstić information content (AvgIpc) is 2.89. The number of nitrogen functional groups attached to an aromatic ring is 1. The van der Waals surface area contributed by atoms with Gasteiger partial charge in [-0.05, 0) is 42.8 Å². The summed E-state index contributed by atoms with van der Waals surface area (Å²) in [4.78, 5) is 8.44. The Morgan fingerprint density at radius 2 is 1.89 bits per heavy atom. The Hall–Kier alpha value is -2.69. The van der Waals surface area contributed by atoms with Gasteiger partial charge in [0.1, 0.15) is 0 Å². The van der Waals surface area contributed by atoms with Gasteiger partial charge in [0, 0.05) is 29.2 Å². The molecule has 2 heterocycles. The third kappa shape index (κ3) is 2.18. The fraction of sp³-hybridized carbons (Fsp3) is 0.0714. The SMILES string of the molecule is Cc1cnccc1-c1noc(-c2ccc(N)cc2)n1. The van der Waals surface area contributed by atoms with Gasteiger partial charge in [-0.2, -0.15) is 4.98 Å². The van der Waals surface area contributed by atoms with Crippen molar-refractivity contribution < 1.29 is 4.52 Å². The van der Waals surface area contributed by atoms with Crippen LogP contribution in [0.4, 0.5) is 5.69 Å². The van der Waals surface area contributed by atoms with E-state index < -0.39 is 0 Å². The highest BCUT2D eigenvalue weighted by atomic mass is 16.5. The Kier molecular flexibility index (Phi) is 2.72. The molecular formula is C14H12N4O. The zero-order chi connectivity index (χ0) is 13.2. The maximum Gasteiger partial charge on any atom is 0.258 e. The number of anilines is 1. The summed E-state index contributed by atoms with van der Waals surface area (Å²) >= 11 is 0. The van der Waals surface area contributed by atoms with E-state index in [9.17, 15) is 0 Å². The van der Waals surface area contributed by atoms with Crippen molar-refractivity contribution in [3.63, 3.8) is 0 Å². The van der Waals surface area contributed by atoms with Crippen molar-refractivity contribution >= 4 is 5.69 Å². The van der Waals surface area contributed by atoms with Crippen LogP contribution in [-0.2, 0) is 0 Å². The Balaban J connectivity index is 2.00. The number of nitrogens with zero attached hydrogens (tertiary/aromatic N) is 3. The monoisotopic (exact) mass is 252 g/mol. The van der Waals surface area contributed by atoms with E-state index in [0.717, 1.165) is 16.7 Å². The van der Waals surface area contributed by atoms with Crippen molar-refractivity contribution in [2.75, 3.05) is 5.73 Å². The van der Waals surface area contributed by atoms with Crippen molar-refractivity contribution in [1.29, 1.82) is 0 Å². The Morgan fingerprint density at radius 1 is 1.11 bits per heavy atom. The van der Waals surface area contributed by atoms with Crippen molar-refractivity contribution in [2.24, 2.45) is 0 Å². The number of pyridine rings is 1. The Labute approximate surface area is 110 Å². The molecule has 3 rings (SSSR count). The number of benzene rings is 1. The van der Waals surface area contributed by atoms with Gasteiger partial charge in [0.15, 0.2) is 0 Å². The number of aryl methyl sites for hydroxylation is 1. The smallest absolute Gasteiger partial charge is 0.258 e. The first-order valence-corrected chi connectivity index (χ1v) is 5.84. The molecule has 0 amide bonds. The second-order valence-corrected chi connectivity index (χ2v) is 4.24. The summed E-state index contributed by atoms with van der Waals surface area (Å²) in [6.45, 7) is 1.96. The third-order valence-corrected chi connectivity index (χ3v) is 2.84. The molecule has 2 aromatic heterocycles. The predicted molar refractivity (Wildman–Crippen MR) is 72.1 cm³/mol. The molecule has 19 heavy (non-hydrogen) atoms. The average molecular weight is 252 g/mol. The molecule has 0 unspecified atom stereocenters. The van der Waals surface area contributed by atoms with Crippen LogP contribution in [0.1, 0.15) is 5.56 Å². The summed E-state index contributed by atoms with van der Waals surface area (Å²) in [6, 6.07) is 9.18. The van der Waals surface area contributed by atoms with Crippen LogP contribution in [0.15, 0.2) is 47.2 Å². The van der Waals surface area contributed by atoms with E-state index in [0.29, 0.717) is 17.4 Å². The van der Waals surface area contributed by atoms with Crippen molar-refractivity contribution in [3.05, 3.63) is 48.3 Å². The van der Waals surface area contributed by atoms with Gasteiger partial charge in [0.05, 0.1) is 0 Å². The predicted octanol–water partition coefficient (Wildman–Crippen LogP) is 2.69. The summed E-state index contributed by atoms with van der Waals surface area (Å²) in [6.07, 6.45) is 3.48. The van der Waals surface area contributed by atoms with Gasteiger partial charge in [0.2, 0.25) is 5.82 Å². The standard InChI is InChI=1S/C14H12N4O/c1-9-8-16-7-6-12(9)13-17-14(19-18-13)10-2-4-11(15)5-3-10/h2-8H,15H2,1H3. The van der Waals surface area contributed by atoms with E-state index in [-0.39, 0.29) is 0 Å². The van der Waals surface area contributed by atoms with Crippen LogP contribution >= 0.6 is 0 Å². The Morgan fingerprint density at radius 3 is 2.63 bits per heavy atom. The molecular weight excluding hydrogens is 240 g/mol. The molecule has 5 heteroatoms. The van der Waals surface area contributed by atoms with Gasteiger partial charge in [-0.1, -0.05) is 5.16 Å². The fourth-order valence-electron chi connectivity index (χ4n) is 1.80. The topological polar surface area (TPSA) is 77.8 Å². The van der Waals surface area contributed by atoms with Gasteiger partial charge < -0.3 is 10.3 Å². The molecule has 1 aromatic carbocycles. The summed E-state index contributed by atoms with van der Waals surface area (Å²) < 4.78 is 5.28. The second-order valence-electron chi connectivity index (χ2n) is 4.24. The molecule has 2 N–H and O–H groups in total. The first kappa shape index (κ1) is 11.4. The maximum atomic E-state index is 5.65. The van der Waals surface area contributed by atoms with Gasteiger partial charge in [-0.25, -0.2) is 0 Å². The van der Waals surface area contributed by atoms with E-state index in [1.807, 2.05) is 25.1 Å². The van der Waals surface area contributed by atoms with E-state index >= 15 is 0 Å². The van der Waals surface area contributed by atoms with Crippen LogP contribution in [0.25, 0.3) is 22.8 Å². The van der Waals surface area contributed by atoms with E-state index in [4.69, 9.17) is 10.3 Å². The minimum absolute atomic E-state index is 0.478.